The predicted octanol–water partition coefficient (Wildman–Crippen LogP) is 5.89. The maximum absolute atomic E-state index is 12.9. The minimum Gasteiger partial charge on any atom is -0.508 e. The third-order valence-electron chi connectivity index (χ3n) is 4.40. The van der Waals surface area contributed by atoms with Gasteiger partial charge in [-0.1, -0.05) is 58.5 Å². The van der Waals surface area contributed by atoms with Crippen LogP contribution in [0.4, 0.5) is 0 Å². The van der Waals surface area contributed by atoms with Gasteiger partial charge in [-0.25, -0.2) is 0 Å². The molecular formula is C19H12Cl4O5S. The Balaban J connectivity index is 2.56. The summed E-state index contributed by atoms with van der Waals surface area (Å²) in [5.74, 6) is -0.890. The average molecular weight is 494 g/mol. The van der Waals surface area contributed by atoms with E-state index in [1.54, 1.807) is 0 Å². The fourth-order valence-electron chi connectivity index (χ4n) is 3.16. The Morgan fingerprint density at radius 3 is 1.55 bits per heavy atom. The van der Waals surface area contributed by atoms with E-state index in [0.29, 0.717) is 0 Å². The Morgan fingerprint density at radius 2 is 1.17 bits per heavy atom. The van der Waals surface area contributed by atoms with E-state index < -0.39 is 20.6 Å². The maximum atomic E-state index is 12.9. The van der Waals surface area contributed by atoms with Crippen molar-refractivity contribution in [2.45, 2.75) is 4.75 Å². The van der Waals surface area contributed by atoms with E-state index in [2.05, 4.69) is 0 Å². The molecule has 0 atom stereocenters. The molecule has 0 radical (unpaired) electrons. The number of hydrogen-bond donors (Lipinski definition) is 3. The van der Waals surface area contributed by atoms with Crippen LogP contribution in [0.1, 0.15) is 16.7 Å². The fraction of sp³-hybridized carbons (Fsp3) is 0.0526. The molecule has 0 aliphatic heterocycles. The normalized spacial score (nSPS) is 12.2. The van der Waals surface area contributed by atoms with Gasteiger partial charge in [0.25, 0.3) is 10.1 Å². The molecule has 3 rings (SSSR count). The maximum Gasteiger partial charge on any atom is 0.283 e. The van der Waals surface area contributed by atoms with Crippen LogP contribution in [-0.2, 0) is 14.9 Å². The predicted molar refractivity (Wildman–Crippen MR) is 114 cm³/mol. The molecule has 3 N–H and O–H groups in total. The molecule has 0 amide bonds. The van der Waals surface area contributed by atoms with E-state index in [9.17, 15) is 23.2 Å². The van der Waals surface area contributed by atoms with Gasteiger partial charge in [-0.3, -0.25) is 4.55 Å². The summed E-state index contributed by atoms with van der Waals surface area (Å²) in [6.07, 6.45) is 0. The SMILES string of the molecule is O=S(=O)(O)C(c1ccc(Cl)c(Cl)c1)(c1ccc(Cl)c(Cl)c1)c1ccc(O)cc1O. The van der Waals surface area contributed by atoms with Crippen LogP contribution >= 0.6 is 46.4 Å². The van der Waals surface area contributed by atoms with E-state index in [4.69, 9.17) is 46.4 Å². The van der Waals surface area contributed by atoms with E-state index in [1.807, 2.05) is 0 Å². The number of phenolic OH excluding ortho intramolecular Hbond substituents is 2. The number of halogens is 4. The van der Waals surface area contributed by atoms with Crippen LogP contribution in [-0.4, -0.2) is 23.2 Å². The standard InChI is InChI=1S/C19H12Cl4O5S/c20-14-5-1-10(7-16(14)22)19(29(26,27)28,11-2-6-15(21)17(23)8-11)13-4-3-12(24)9-18(13)25/h1-9,24-25H,(H,26,27,28). The summed E-state index contributed by atoms with van der Waals surface area (Å²) >= 11 is 24.2. The summed E-state index contributed by atoms with van der Waals surface area (Å²) in [6.45, 7) is 0. The zero-order valence-electron chi connectivity index (χ0n) is 14.3. The quantitative estimate of drug-likeness (QED) is 0.311. The Hall–Kier alpha value is -1.67. The number of aromatic hydroxyl groups is 2. The topological polar surface area (TPSA) is 94.8 Å². The van der Waals surface area contributed by atoms with Gasteiger partial charge in [0.15, 0.2) is 4.75 Å². The Labute approximate surface area is 186 Å². The first kappa shape index (κ1) is 22.0. The van der Waals surface area contributed by atoms with Crippen LogP contribution in [0.25, 0.3) is 0 Å². The van der Waals surface area contributed by atoms with Gasteiger partial charge in [0.2, 0.25) is 0 Å². The number of benzene rings is 3. The van der Waals surface area contributed by atoms with Crippen molar-refractivity contribution in [1.82, 2.24) is 0 Å². The van der Waals surface area contributed by atoms with Crippen molar-refractivity contribution in [3.8, 4) is 11.5 Å². The number of hydrogen-bond acceptors (Lipinski definition) is 4. The summed E-state index contributed by atoms with van der Waals surface area (Å²) in [4.78, 5) is 0. The van der Waals surface area contributed by atoms with Gasteiger partial charge in [0.1, 0.15) is 11.5 Å². The van der Waals surface area contributed by atoms with Gasteiger partial charge in [0, 0.05) is 11.6 Å². The lowest BCUT2D eigenvalue weighted by Crippen LogP contribution is -2.38. The summed E-state index contributed by atoms with van der Waals surface area (Å²) in [7, 11) is -5.03. The molecule has 0 heterocycles. The highest BCUT2D eigenvalue weighted by atomic mass is 35.5. The highest BCUT2D eigenvalue weighted by Crippen LogP contribution is 2.49. The monoisotopic (exact) mass is 492 g/mol. The van der Waals surface area contributed by atoms with Crippen molar-refractivity contribution < 1.29 is 23.2 Å². The van der Waals surface area contributed by atoms with Gasteiger partial charge in [0.05, 0.1) is 20.1 Å². The molecule has 0 aromatic heterocycles. The Kier molecular flexibility index (Phi) is 5.98. The molecule has 0 fully saturated rings. The lowest BCUT2D eigenvalue weighted by atomic mass is 9.83. The summed E-state index contributed by atoms with van der Waals surface area (Å²) in [5.41, 5.74) is -0.280. The molecule has 0 aliphatic carbocycles. The third kappa shape index (κ3) is 3.77. The van der Waals surface area contributed by atoms with Crippen molar-refractivity contribution in [2.75, 3.05) is 0 Å². The van der Waals surface area contributed by atoms with Gasteiger partial charge < -0.3 is 10.2 Å². The zero-order valence-corrected chi connectivity index (χ0v) is 18.1. The van der Waals surface area contributed by atoms with Crippen LogP contribution in [0.15, 0.2) is 54.6 Å². The molecule has 152 valence electrons. The molecule has 0 spiro atoms. The Bertz CT molecular complexity index is 1160. The third-order valence-corrected chi connectivity index (χ3v) is 7.34. The lowest BCUT2D eigenvalue weighted by molar-refractivity contribution is 0.431. The second-order valence-corrected chi connectivity index (χ2v) is 9.31. The molecule has 0 saturated heterocycles. The lowest BCUT2D eigenvalue weighted by Gasteiger charge is -2.33. The first-order valence-corrected chi connectivity index (χ1v) is 10.8. The van der Waals surface area contributed by atoms with Crippen LogP contribution in [0, 0.1) is 0 Å². The van der Waals surface area contributed by atoms with Crippen LogP contribution in [0.5, 0.6) is 11.5 Å². The van der Waals surface area contributed by atoms with Gasteiger partial charge in [-0.15, -0.1) is 0 Å². The molecule has 10 heteroatoms. The van der Waals surface area contributed by atoms with Crippen molar-refractivity contribution in [3.05, 3.63) is 91.4 Å². The summed E-state index contributed by atoms with van der Waals surface area (Å²) in [5, 5.41) is 20.5. The van der Waals surface area contributed by atoms with Crippen molar-refractivity contribution in [2.24, 2.45) is 0 Å². The van der Waals surface area contributed by atoms with E-state index >= 15 is 0 Å². The number of phenols is 2. The van der Waals surface area contributed by atoms with Crippen molar-refractivity contribution >= 4 is 56.5 Å². The molecule has 0 saturated carbocycles. The summed E-state index contributed by atoms with van der Waals surface area (Å²) in [6, 6.07) is 11.2. The first-order valence-electron chi connectivity index (χ1n) is 7.89. The Morgan fingerprint density at radius 1 is 0.690 bits per heavy atom. The second kappa shape index (κ2) is 7.87. The van der Waals surface area contributed by atoms with E-state index in [1.165, 1.54) is 48.5 Å². The van der Waals surface area contributed by atoms with Crippen LogP contribution in [0.2, 0.25) is 20.1 Å². The smallest absolute Gasteiger partial charge is 0.283 e. The molecule has 0 bridgehead atoms. The van der Waals surface area contributed by atoms with Crippen LogP contribution in [0.3, 0.4) is 0 Å². The van der Waals surface area contributed by atoms with Gasteiger partial charge >= 0.3 is 0 Å². The average Bonchev–Trinajstić information content (AvgIpc) is 2.62. The fourth-order valence-corrected chi connectivity index (χ4v) is 5.06. The van der Waals surface area contributed by atoms with Gasteiger partial charge in [-0.05, 0) is 47.5 Å². The molecule has 0 unspecified atom stereocenters. The van der Waals surface area contributed by atoms with E-state index in [-0.39, 0.29) is 42.5 Å². The highest BCUT2D eigenvalue weighted by Gasteiger charge is 2.50. The number of rotatable bonds is 4. The molecule has 3 aromatic rings. The minimum atomic E-state index is -5.03. The molecule has 5 nitrogen and oxygen atoms in total. The minimum absolute atomic E-state index is 0.0196. The molecular weight excluding hydrogens is 482 g/mol. The van der Waals surface area contributed by atoms with Crippen LogP contribution < -0.4 is 0 Å². The van der Waals surface area contributed by atoms with E-state index in [0.717, 1.165) is 6.07 Å². The zero-order chi connectivity index (χ0) is 21.6. The molecule has 0 aliphatic rings. The van der Waals surface area contributed by atoms with Crippen molar-refractivity contribution in [1.29, 1.82) is 0 Å². The molecule has 3 aromatic carbocycles. The van der Waals surface area contributed by atoms with Crippen molar-refractivity contribution in [3.63, 3.8) is 0 Å². The summed E-state index contributed by atoms with van der Waals surface area (Å²) < 4.78 is 33.9. The largest absolute Gasteiger partial charge is 0.508 e. The highest BCUT2D eigenvalue weighted by molar-refractivity contribution is 7.87. The van der Waals surface area contributed by atoms with Gasteiger partial charge in [-0.2, -0.15) is 8.42 Å². The molecule has 29 heavy (non-hydrogen) atoms. The second-order valence-electron chi connectivity index (χ2n) is 6.12. The first-order chi connectivity index (χ1) is 13.5.